The van der Waals surface area contributed by atoms with E-state index < -0.39 is 35.0 Å². The molecular weight excluding hydrogens is 484 g/mol. The Morgan fingerprint density at radius 1 is 0.861 bits per heavy atom. The minimum atomic E-state index is -4.91. The van der Waals surface area contributed by atoms with Gasteiger partial charge in [0.1, 0.15) is 12.7 Å². The van der Waals surface area contributed by atoms with Crippen molar-refractivity contribution in [3.05, 3.63) is 83.4 Å². The summed E-state index contributed by atoms with van der Waals surface area (Å²) >= 11 is 0. The Bertz CT molecular complexity index is 1120. The van der Waals surface area contributed by atoms with Crippen LogP contribution in [0.3, 0.4) is 0 Å². The van der Waals surface area contributed by atoms with E-state index in [1.807, 2.05) is 34.9 Å². The highest BCUT2D eigenvalue weighted by Crippen LogP contribution is 2.47. The third-order valence-electron chi connectivity index (χ3n) is 7.40. The first-order valence-electron chi connectivity index (χ1n) is 11.6. The zero-order valence-corrected chi connectivity index (χ0v) is 19.9. The summed E-state index contributed by atoms with van der Waals surface area (Å²) in [5, 5.41) is 7.81. The molecule has 0 saturated heterocycles. The predicted molar refractivity (Wildman–Crippen MR) is 121 cm³/mol. The molecule has 1 heterocycles. The average Bonchev–Trinajstić information content (AvgIpc) is 3.39. The van der Waals surface area contributed by atoms with Gasteiger partial charge in [-0.3, -0.25) is 0 Å². The first-order chi connectivity index (χ1) is 16.8. The monoisotopic (exact) mass is 511 g/mol. The molecule has 0 amide bonds. The Hall–Kier alpha value is -2.88. The number of aromatic nitrogens is 3. The Morgan fingerprint density at radius 2 is 1.39 bits per heavy atom. The fraction of sp³-hybridized carbons (Fsp3) is 0.462. The van der Waals surface area contributed by atoms with Crippen LogP contribution in [0.5, 0.6) is 0 Å². The molecule has 0 aliphatic heterocycles. The van der Waals surface area contributed by atoms with E-state index in [9.17, 15) is 26.3 Å². The van der Waals surface area contributed by atoms with E-state index in [-0.39, 0.29) is 23.8 Å². The summed E-state index contributed by atoms with van der Waals surface area (Å²) in [5.74, 6) is 0. The summed E-state index contributed by atoms with van der Waals surface area (Å²) in [6.07, 6.45) is -4.43. The van der Waals surface area contributed by atoms with Crippen LogP contribution in [-0.2, 0) is 28.0 Å². The molecule has 1 fully saturated rings. The molecule has 1 saturated carbocycles. The van der Waals surface area contributed by atoms with Crippen LogP contribution in [0, 0.1) is 0 Å². The molecule has 1 aliphatic carbocycles. The van der Waals surface area contributed by atoms with Crippen molar-refractivity contribution in [3.8, 4) is 0 Å². The Labute approximate surface area is 205 Å². The largest absolute Gasteiger partial charge is 0.416 e. The number of nitrogens with zero attached hydrogens (tertiary/aromatic N) is 3. The van der Waals surface area contributed by atoms with Crippen LogP contribution in [0.15, 0.2) is 61.2 Å². The molecule has 0 radical (unpaired) electrons. The molecule has 0 spiro atoms. The number of rotatable bonds is 6. The Kier molecular flexibility index (Phi) is 6.94. The van der Waals surface area contributed by atoms with E-state index >= 15 is 0 Å². The van der Waals surface area contributed by atoms with Gasteiger partial charge in [-0.2, -0.15) is 26.3 Å². The van der Waals surface area contributed by atoms with Crippen molar-refractivity contribution < 1.29 is 31.1 Å². The summed E-state index contributed by atoms with van der Waals surface area (Å²) in [7, 11) is 0. The molecule has 2 aromatic carbocycles. The number of hydrogen-bond donors (Lipinski definition) is 0. The summed E-state index contributed by atoms with van der Waals surface area (Å²) in [5.41, 5.74) is -2.45. The molecule has 0 unspecified atom stereocenters. The van der Waals surface area contributed by atoms with E-state index in [0.29, 0.717) is 0 Å². The van der Waals surface area contributed by atoms with Crippen LogP contribution in [0.4, 0.5) is 26.3 Å². The van der Waals surface area contributed by atoms with Gasteiger partial charge in [-0.15, -0.1) is 10.2 Å². The highest BCUT2D eigenvalue weighted by Gasteiger charge is 2.43. The van der Waals surface area contributed by atoms with Crippen molar-refractivity contribution in [1.29, 1.82) is 0 Å². The van der Waals surface area contributed by atoms with E-state index in [1.54, 1.807) is 12.7 Å². The summed E-state index contributed by atoms with van der Waals surface area (Å²) in [4.78, 5) is 0. The van der Waals surface area contributed by atoms with Crippen LogP contribution in [-0.4, -0.2) is 21.4 Å². The van der Waals surface area contributed by atoms with Gasteiger partial charge in [-0.25, -0.2) is 0 Å². The molecule has 4 nitrogen and oxygen atoms in total. The molecule has 4 rings (SSSR count). The standard InChI is InChI=1S/C26H27F6N3O/c1-18(19-12-21(25(27,28)29)14-22(13-19)26(30,31)32)36-15-24(20-6-4-3-5-7-20)10-8-23(2,9-11-24)35-16-33-34-17-35/h3-7,12-14,16-18H,8-11,15H2,1-2H3/t18-,23?,24?/m1/s1. The molecule has 3 aromatic rings. The van der Waals surface area contributed by atoms with Crippen molar-refractivity contribution >= 4 is 0 Å². The lowest BCUT2D eigenvalue weighted by molar-refractivity contribution is -0.143. The van der Waals surface area contributed by atoms with Gasteiger partial charge in [0.05, 0.1) is 23.8 Å². The van der Waals surface area contributed by atoms with Crippen molar-refractivity contribution in [2.24, 2.45) is 0 Å². The van der Waals surface area contributed by atoms with E-state index in [4.69, 9.17) is 4.74 Å². The number of hydrogen-bond acceptors (Lipinski definition) is 3. The molecule has 1 aliphatic rings. The molecule has 1 atom stereocenters. The molecule has 0 bridgehead atoms. The zero-order chi connectivity index (χ0) is 26.2. The summed E-state index contributed by atoms with van der Waals surface area (Å²) in [6.45, 7) is 3.77. The quantitative estimate of drug-likeness (QED) is 0.326. The van der Waals surface area contributed by atoms with Gasteiger partial charge in [-0.05, 0) is 68.9 Å². The van der Waals surface area contributed by atoms with E-state index in [2.05, 4.69) is 17.1 Å². The highest BCUT2D eigenvalue weighted by molar-refractivity contribution is 5.35. The molecule has 0 N–H and O–H groups in total. The number of alkyl halides is 6. The maximum absolute atomic E-state index is 13.3. The molecule has 36 heavy (non-hydrogen) atoms. The summed E-state index contributed by atoms with van der Waals surface area (Å²) in [6, 6.07) is 11.3. The van der Waals surface area contributed by atoms with Gasteiger partial charge in [0.15, 0.2) is 0 Å². The van der Waals surface area contributed by atoms with Crippen molar-refractivity contribution in [1.82, 2.24) is 14.8 Å². The smallest absolute Gasteiger partial charge is 0.373 e. The van der Waals surface area contributed by atoms with E-state index in [1.165, 1.54) is 6.92 Å². The van der Waals surface area contributed by atoms with Crippen LogP contribution in [0.2, 0.25) is 0 Å². The van der Waals surface area contributed by atoms with Crippen LogP contribution >= 0.6 is 0 Å². The van der Waals surface area contributed by atoms with E-state index in [0.717, 1.165) is 43.4 Å². The molecule has 194 valence electrons. The first-order valence-corrected chi connectivity index (χ1v) is 11.6. The minimum absolute atomic E-state index is 0.134. The van der Waals surface area contributed by atoms with Gasteiger partial charge in [0.25, 0.3) is 0 Å². The number of halogens is 6. The molecule has 1 aromatic heterocycles. The first kappa shape index (κ1) is 26.2. The van der Waals surface area contributed by atoms with Crippen LogP contribution in [0.25, 0.3) is 0 Å². The zero-order valence-electron chi connectivity index (χ0n) is 19.9. The van der Waals surface area contributed by atoms with Crippen molar-refractivity contribution in [3.63, 3.8) is 0 Å². The van der Waals surface area contributed by atoms with Gasteiger partial charge >= 0.3 is 12.4 Å². The summed E-state index contributed by atoms with van der Waals surface area (Å²) < 4.78 is 88.0. The SMILES string of the molecule is C[C@@H](OCC1(c2ccccc2)CCC(C)(n2cnnc2)CC1)c1cc(C(F)(F)F)cc(C(F)(F)F)c1. The lowest BCUT2D eigenvalue weighted by atomic mass is 9.65. The van der Waals surface area contributed by atoms with Gasteiger partial charge in [-0.1, -0.05) is 30.3 Å². The van der Waals surface area contributed by atoms with Crippen LogP contribution < -0.4 is 0 Å². The van der Waals surface area contributed by atoms with Crippen molar-refractivity contribution in [2.45, 2.75) is 68.9 Å². The Balaban J connectivity index is 1.59. The maximum Gasteiger partial charge on any atom is 0.416 e. The topological polar surface area (TPSA) is 39.9 Å². The molecular formula is C26H27F6N3O. The third-order valence-corrected chi connectivity index (χ3v) is 7.40. The fourth-order valence-electron chi connectivity index (χ4n) is 4.91. The predicted octanol–water partition coefficient (Wildman–Crippen LogP) is 7.32. The van der Waals surface area contributed by atoms with Crippen molar-refractivity contribution in [2.75, 3.05) is 6.61 Å². The second kappa shape index (κ2) is 9.53. The van der Waals surface area contributed by atoms with Gasteiger partial charge in [0, 0.05) is 11.0 Å². The number of ether oxygens (including phenoxy) is 1. The lowest BCUT2D eigenvalue weighted by Crippen LogP contribution is -2.43. The second-order valence-electron chi connectivity index (χ2n) is 9.80. The normalized spacial score (nSPS) is 24.0. The highest BCUT2D eigenvalue weighted by atomic mass is 19.4. The van der Waals surface area contributed by atoms with Gasteiger partial charge < -0.3 is 9.30 Å². The Morgan fingerprint density at radius 3 is 1.89 bits per heavy atom. The average molecular weight is 512 g/mol. The minimum Gasteiger partial charge on any atom is -0.373 e. The van der Waals surface area contributed by atoms with Gasteiger partial charge in [0.2, 0.25) is 0 Å². The third kappa shape index (κ3) is 5.43. The lowest BCUT2D eigenvalue weighted by Gasteiger charge is -2.46. The molecule has 10 heteroatoms. The number of benzene rings is 2. The fourth-order valence-corrected chi connectivity index (χ4v) is 4.91. The maximum atomic E-state index is 13.3. The second-order valence-corrected chi connectivity index (χ2v) is 9.80. The van der Waals surface area contributed by atoms with Crippen LogP contribution in [0.1, 0.15) is 67.9 Å².